The molecule has 3 heteroatoms. The van der Waals surface area contributed by atoms with Gasteiger partial charge in [0.25, 0.3) is 0 Å². The van der Waals surface area contributed by atoms with Gasteiger partial charge in [-0.05, 0) is 55.2 Å². The summed E-state index contributed by atoms with van der Waals surface area (Å²) < 4.78 is 5.26. The van der Waals surface area contributed by atoms with E-state index >= 15 is 0 Å². The Morgan fingerprint density at radius 2 is 2.26 bits per heavy atom. The molecule has 3 atom stereocenters. The van der Waals surface area contributed by atoms with E-state index in [1.807, 2.05) is 0 Å². The van der Waals surface area contributed by atoms with Gasteiger partial charge in [0, 0.05) is 5.02 Å². The first-order valence-electron chi connectivity index (χ1n) is 7.00. The largest absolute Gasteiger partial charge is 0.462 e. The summed E-state index contributed by atoms with van der Waals surface area (Å²) in [5.41, 5.74) is 0.524. The Morgan fingerprint density at radius 1 is 1.53 bits per heavy atom. The summed E-state index contributed by atoms with van der Waals surface area (Å²) in [5.74, 6) is 2.25. The molecule has 0 aromatic heterocycles. The summed E-state index contributed by atoms with van der Waals surface area (Å²) in [6, 6.07) is 6.87. The fraction of sp³-hybridized carbons (Fsp3) is 0.562. The van der Waals surface area contributed by atoms with Crippen LogP contribution in [0.25, 0.3) is 0 Å². The van der Waals surface area contributed by atoms with Crippen molar-refractivity contribution in [2.24, 2.45) is 17.8 Å². The lowest BCUT2D eigenvalue weighted by Crippen LogP contribution is -2.08. The standard InChI is InChI=1S/C16H21ClO2/c1-11(15-9-12(15)2)5-4-8-19-16(18)13-6-3-7-14(17)10-13/h3,6-7,10-12,15H,4-5,8-9H2,1-2H3. The van der Waals surface area contributed by atoms with Gasteiger partial charge in [-0.3, -0.25) is 0 Å². The highest BCUT2D eigenvalue weighted by atomic mass is 35.5. The lowest BCUT2D eigenvalue weighted by molar-refractivity contribution is 0.0493. The Bertz CT molecular complexity index is 444. The maximum Gasteiger partial charge on any atom is 0.338 e. The van der Waals surface area contributed by atoms with E-state index in [0.717, 1.165) is 30.6 Å². The van der Waals surface area contributed by atoms with Gasteiger partial charge in [0.05, 0.1) is 12.2 Å². The molecular formula is C16H21ClO2. The molecular weight excluding hydrogens is 260 g/mol. The fourth-order valence-electron chi connectivity index (χ4n) is 2.63. The zero-order valence-corrected chi connectivity index (χ0v) is 12.3. The Balaban J connectivity index is 1.66. The SMILES string of the molecule is CC(CCCOC(=O)c1cccc(Cl)c1)C1CC1C. The van der Waals surface area contributed by atoms with Crippen molar-refractivity contribution in [2.45, 2.75) is 33.1 Å². The number of hydrogen-bond donors (Lipinski definition) is 0. The third-order valence-electron chi connectivity index (χ3n) is 4.00. The number of carbonyl (C=O) groups is 1. The van der Waals surface area contributed by atoms with Crippen LogP contribution in [0.1, 0.15) is 43.5 Å². The molecule has 0 amide bonds. The van der Waals surface area contributed by atoms with Crippen molar-refractivity contribution in [3.8, 4) is 0 Å². The molecule has 1 aromatic carbocycles. The van der Waals surface area contributed by atoms with Crippen molar-refractivity contribution in [3.63, 3.8) is 0 Å². The molecule has 2 nitrogen and oxygen atoms in total. The molecule has 0 saturated heterocycles. The summed E-state index contributed by atoms with van der Waals surface area (Å²) in [7, 11) is 0. The molecule has 3 unspecified atom stereocenters. The van der Waals surface area contributed by atoms with Gasteiger partial charge in [-0.2, -0.15) is 0 Å². The third-order valence-corrected chi connectivity index (χ3v) is 4.24. The average Bonchev–Trinajstić information content (AvgIpc) is 3.11. The summed E-state index contributed by atoms with van der Waals surface area (Å²) in [6.07, 6.45) is 3.44. The van der Waals surface area contributed by atoms with Gasteiger partial charge in [0.15, 0.2) is 0 Å². The van der Waals surface area contributed by atoms with Crippen LogP contribution in [0.4, 0.5) is 0 Å². The van der Waals surface area contributed by atoms with Crippen LogP contribution in [-0.4, -0.2) is 12.6 Å². The molecule has 0 N–H and O–H groups in total. The predicted octanol–water partition coefficient (Wildman–Crippen LogP) is 4.57. The minimum Gasteiger partial charge on any atom is -0.462 e. The molecule has 0 radical (unpaired) electrons. The number of hydrogen-bond acceptors (Lipinski definition) is 2. The number of ether oxygens (including phenoxy) is 1. The van der Waals surface area contributed by atoms with E-state index in [0.29, 0.717) is 17.2 Å². The molecule has 1 fully saturated rings. The van der Waals surface area contributed by atoms with E-state index < -0.39 is 0 Å². The van der Waals surface area contributed by atoms with Crippen molar-refractivity contribution in [2.75, 3.05) is 6.61 Å². The van der Waals surface area contributed by atoms with E-state index in [-0.39, 0.29) is 5.97 Å². The van der Waals surface area contributed by atoms with Gasteiger partial charge in [-0.25, -0.2) is 4.79 Å². The Morgan fingerprint density at radius 3 is 2.89 bits per heavy atom. The van der Waals surface area contributed by atoms with E-state index in [9.17, 15) is 4.79 Å². The molecule has 0 spiro atoms. The number of esters is 1. The van der Waals surface area contributed by atoms with Gasteiger partial charge in [0.1, 0.15) is 0 Å². The first kappa shape index (κ1) is 14.4. The Labute approximate surface area is 120 Å². The summed E-state index contributed by atoms with van der Waals surface area (Å²) in [6.45, 7) is 5.10. The second-order valence-electron chi connectivity index (χ2n) is 5.64. The number of rotatable bonds is 6. The van der Waals surface area contributed by atoms with Crippen LogP contribution in [0, 0.1) is 17.8 Å². The normalized spacial score (nSPS) is 22.9. The van der Waals surface area contributed by atoms with Crippen molar-refractivity contribution < 1.29 is 9.53 Å². The van der Waals surface area contributed by atoms with Gasteiger partial charge >= 0.3 is 5.97 Å². The minimum atomic E-state index is -0.282. The predicted molar refractivity (Wildman–Crippen MR) is 77.4 cm³/mol. The van der Waals surface area contributed by atoms with Gasteiger partial charge in [-0.15, -0.1) is 0 Å². The third kappa shape index (κ3) is 4.24. The van der Waals surface area contributed by atoms with Crippen molar-refractivity contribution >= 4 is 17.6 Å². The van der Waals surface area contributed by atoms with Crippen LogP contribution < -0.4 is 0 Å². The molecule has 104 valence electrons. The molecule has 19 heavy (non-hydrogen) atoms. The fourth-order valence-corrected chi connectivity index (χ4v) is 2.82. The summed E-state index contributed by atoms with van der Waals surface area (Å²) in [4.78, 5) is 11.8. The molecule has 0 aliphatic heterocycles. The molecule has 1 saturated carbocycles. The van der Waals surface area contributed by atoms with E-state index in [1.165, 1.54) is 6.42 Å². The van der Waals surface area contributed by atoms with Crippen molar-refractivity contribution in [1.82, 2.24) is 0 Å². The molecule has 1 aromatic rings. The van der Waals surface area contributed by atoms with Crippen LogP contribution in [0.15, 0.2) is 24.3 Å². The molecule has 1 aliphatic carbocycles. The van der Waals surface area contributed by atoms with Crippen molar-refractivity contribution in [3.05, 3.63) is 34.9 Å². The smallest absolute Gasteiger partial charge is 0.338 e. The molecule has 2 rings (SSSR count). The minimum absolute atomic E-state index is 0.282. The molecule has 0 heterocycles. The number of halogens is 1. The van der Waals surface area contributed by atoms with Gasteiger partial charge in [-0.1, -0.05) is 31.5 Å². The van der Waals surface area contributed by atoms with Crippen LogP contribution in [0.3, 0.4) is 0 Å². The van der Waals surface area contributed by atoms with Crippen LogP contribution in [0.5, 0.6) is 0 Å². The van der Waals surface area contributed by atoms with Crippen LogP contribution in [-0.2, 0) is 4.74 Å². The number of carbonyl (C=O) groups excluding carboxylic acids is 1. The zero-order chi connectivity index (χ0) is 13.8. The second-order valence-corrected chi connectivity index (χ2v) is 6.08. The first-order valence-corrected chi connectivity index (χ1v) is 7.38. The monoisotopic (exact) mass is 280 g/mol. The number of benzene rings is 1. The van der Waals surface area contributed by atoms with Gasteiger partial charge in [0.2, 0.25) is 0 Å². The average molecular weight is 281 g/mol. The topological polar surface area (TPSA) is 26.3 Å². The lowest BCUT2D eigenvalue weighted by Gasteiger charge is -2.10. The zero-order valence-electron chi connectivity index (χ0n) is 11.6. The van der Waals surface area contributed by atoms with Crippen molar-refractivity contribution in [1.29, 1.82) is 0 Å². The first-order chi connectivity index (χ1) is 9.08. The molecule has 0 bridgehead atoms. The Hall–Kier alpha value is -1.02. The highest BCUT2D eigenvalue weighted by molar-refractivity contribution is 6.30. The van der Waals surface area contributed by atoms with E-state index in [4.69, 9.17) is 16.3 Å². The Kier molecular flexibility index (Phi) is 4.87. The lowest BCUT2D eigenvalue weighted by atomic mass is 9.99. The van der Waals surface area contributed by atoms with E-state index in [2.05, 4.69) is 13.8 Å². The quantitative estimate of drug-likeness (QED) is 0.564. The summed E-state index contributed by atoms with van der Waals surface area (Å²) >= 11 is 5.84. The maximum atomic E-state index is 11.8. The van der Waals surface area contributed by atoms with E-state index in [1.54, 1.807) is 24.3 Å². The van der Waals surface area contributed by atoms with Gasteiger partial charge < -0.3 is 4.74 Å². The highest BCUT2D eigenvalue weighted by Gasteiger charge is 2.36. The molecule has 1 aliphatic rings. The second kappa shape index (κ2) is 6.42. The van der Waals surface area contributed by atoms with Crippen LogP contribution in [0.2, 0.25) is 5.02 Å². The maximum absolute atomic E-state index is 11.8. The summed E-state index contributed by atoms with van der Waals surface area (Å²) in [5, 5.41) is 0.561. The van der Waals surface area contributed by atoms with Crippen LogP contribution >= 0.6 is 11.6 Å². The highest BCUT2D eigenvalue weighted by Crippen LogP contribution is 2.45.